The molecule has 168 valence electrons. The van der Waals surface area contributed by atoms with Gasteiger partial charge in [0.25, 0.3) is 0 Å². The number of aryl methyl sites for hydroxylation is 1. The van der Waals surface area contributed by atoms with Crippen LogP contribution in [0.1, 0.15) is 59.7 Å². The summed E-state index contributed by atoms with van der Waals surface area (Å²) in [5, 5.41) is 0. The van der Waals surface area contributed by atoms with Gasteiger partial charge >= 0.3 is 0 Å². The van der Waals surface area contributed by atoms with Gasteiger partial charge in [-0.05, 0) is 48.7 Å². The van der Waals surface area contributed by atoms with E-state index in [1.807, 2.05) is 48.5 Å². The number of hydrogen-bond donors (Lipinski definition) is 0. The van der Waals surface area contributed by atoms with Crippen molar-refractivity contribution in [3.05, 3.63) is 101 Å². The number of ketones is 1. The van der Waals surface area contributed by atoms with E-state index in [9.17, 15) is 4.79 Å². The summed E-state index contributed by atoms with van der Waals surface area (Å²) in [5.41, 5.74) is 4.05. The molecular formula is C29H35NO2. The Morgan fingerprint density at radius 2 is 1.50 bits per heavy atom. The maximum atomic E-state index is 13.5. The highest BCUT2D eigenvalue weighted by Crippen LogP contribution is 2.37. The van der Waals surface area contributed by atoms with Crippen molar-refractivity contribution in [2.45, 2.75) is 39.5 Å². The van der Waals surface area contributed by atoms with Gasteiger partial charge in [-0.1, -0.05) is 93.6 Å². The zero-order chi connectivity index (χ0) is 22.9. The Labute approximate surface area is 193 Å². The highest BCUT2D eigenvalue weighted by molar-refractivity contribution is 6.01. The molecule has 0 amide bonds. The van der Waals surface area contributed by atoms with Crippen LogP contribution < -0.4 is 4.74 Å². The lowest BCUT2D eigenvalue weighted by atomic mass is 9.78. The van der Waals surface area contributed by atoms with Gasteiger partial charge in [-0.2, -0.15) is 0 Å². The van der Waals surface area contributed by atoms with Crippen LogP contribution in [0, 0.1) is 6.92 Å². The van der Waals surface area contributed by atoms with Crippen LogP contribution >= 0.6 is 0 Å². The maximum Gasteiger partial charge on any atom is 0.170 e. The van der Waals surface area contributed by atoms with E-state index in [0.717, 1.165) is 47.6 Å². The summed E-state index contributed by atoms with van der Waals surface area (Å²) in [6.07, 6.45) is 0. The van der Waals surface area contributed by atoms with Gasteiger partial charge in [-0.25, -0.2) is 0 Å². The van der Waals surface area contributed by atoms with Crippen LogP contribution in [0.3, 0.4) is 0 Å². The molecule has 0 aliphatic heterocycles. The Balaban J connectivity index is 1.82. The molecule has 0 N–H and O–H groups in total. The molecule has 0 fully saturated rings. The minimum Gasteiger partial charge on any atom is -0.492 e. The van der Waals surface area contributed by atoms with E-state index in [1.165, 1.54) is 0 Å². The molecule has 2 unspecified atom stereocenters. The van der Waals surface area contributed by atoms with E-state index in [-0.39, 0.29) is 17.6 Å². The third-order valence-corrected chi connectivity index (χ3v) is 6.28. The molecule has 0 aliphatic carbocycles. The Morgan fingerprint density at radius 1 is 0.875 bits per heavy atom. The zero-order valence-electron chi connectivity index (χ0n) is 19.8. The molecular weight excluding hydrogens is 394 g/mol. The van der Waals surface area contributed by atoms with E-state index in [2.05, 4.69) is 62.9 Å². The van der Waals surface area contributed by atoms with Gasteiger partial charge in [-0.15, -0.1) is 0 Å². The SMILES string of the molecule is CCN(CC)CCOc1ccc(C(C)C(C(=O)c2ccccc2)c2ccccc2)cc1C. The van der Waals surface area contributed by atoms with E-state index < -0.39 is 0 Å². The number of rotatable bonds is 11. The van der Waals surface area contributed by atoms with E-state index >= 15 is 0 Å². The summed E-state index contributed by atoms with van der Waals surface area (Å²) in [6, 6.07) is 26.1. The smallest absolute Gasteiger partial charge is 0.170 e. The Bertz CT molecular complexity index is 981. The summed E-state index contributed by atoms with van der Waals surface area (Å²) in [4.78, 5) is 15.9. The maximum absolute atomic E-state index is 13.5. The normalized spacial score (nSPS) is 13.0. The average Bonchev–Trinajstić information content (AvgIpc) is 2.84. The molecule has 3 nitrogen and oxygen atoms in total. The van der Waals surface area contributed by atoms with Crippen molar-refractivity contribution >= 4 is 5.78 Å². The lowest BCUT2D eigenvalue weighted by Gasteiger charge is -2.25. The van der Waals surface area contributed by atoms with Crippen LogP contribution in [-0.2, 0) is 0 Å². The average molecular weight is 430 g/mol. The van der Waals surface area contributed by atoms with Crippen LogP contribution in [0.2, 0.25) is 0 Å². The standard InChI is InChI=1S/C29H35NO2/c1-5-30(6-2)19-20-32-27-18-17-26(21-22(27)3)23(4)28(24-13-9-7-10-14-24)29(31)25-15-11-8-12-16-25/h7-18,21,23,28H,5-6,19-20H2,1-4H3. The summed E-state index contributed by atoms with van der Waals surface area (Å²) in [7, 11) is 0. The van der Waals surface area contributed by atoms with E-state index in [0.29, 0.717) is 6.61 Å². The van der Waals surface area contributed by atoms with Crippen molar-refractivity contribution in [2.75, 3.05) is 26.2 Å². The first-order chi connectivity index (χ1) is 15.5. The second-order valence-corrected chi connectivity index (χ2v) is 8.31. The molecule has 32 heavy (non-hydrogen) atoms. The van der Waals surface area contributed by atoms with Crippen LogP contribution in [0.25, 0.3) is 0 Å². The van der Waals surface area contributed by atoms with Gasteiger partial charge in [0.05, 0.1) is 5.92 Å². The molecule has 0 bridgehead atoms. The zero-order valence-corrected chi connectivity index (χ0v) is 19.8. The number of carbonyl (C=O) groups excluding carboxylic acids is 1. The minimum atomic E-state index is -0.243. The van der Waals surface area contributed by atoms with Gasteiger partial charge < -0.3 is 9.64 Å². The molecule has 0 saturated heterocycles. The lowest BCUT2D eigenvalue weighted by molar-refractivity contribution is 0.0949. The van der Waals surface area contributed by atoms with Crippen molar-refractivity contribution in [2.24, 2.45) is 0 Å². The molecule has 3 rings (SSSR count). The fourth-order valence-corrected chi connectivity index (χ4v) is 4.24. The summed E-state index contributed by atoms with van der Waals surface area (Å²) < 4.78 is 6.06. The van der Waals surface area contributed by atoms with E-state index in [1.54, 1.807) is 0 Å². The molecule has 3 aromatic carbocycles. The van der Waals surface area contributed by atoms with Crippen molar-refractivity contribution in [1.82, 2.24) is 4.90 Å². The Morgan fingerprint density at radius 3 is 2.09 bits per heavy atom. The molecule has 0 aromatic heterocycles. The number of ether oxygens (including phenoxy) is 1. The third-order valence-electron chi connectivity index (χ3n) is 6.28. The van der Waals surface area contributed by atoms with Crippen molar-refractivity contribution < 1.29 is 9.53 Å². The number of likely N-dealkylation sites (N-methyl/N-ethyl adjacent to an activating group) is 1. The van der Waals surface area contributed by atoms with Crippen molar-refractivity contribution in [3.8, 4) is 5.75 Å². The number of nitrogens with zero attached hydrogens (tertiary/aromatic N) is 1. The van der Waals surface area contributed by atoms with Crippen LogP contribution in [0.5, 0.6) is 5.75 Å². The monoisotopic (exact) mass is 429 g/mol. The largest absolute Gasteiger partial charge is 0.492 e. The quantitative estimate of drug-likeness (QED) is 0.326. The van der Waals surface area contributed by atoms with Crippen molar-refractivity contribution in [1.29, 1.82) is 0 Å². The van der Waals surface area contributed by atoms with E-state index in [4.69, 9.17) is 4.74 Å². The molecule has 0 radical (unpaired) electrons. The van der Waals surface area contributed by atoms with Gasteiger partial charge in [0.15, 0.2) is 5.78 Å². The molecule has 3 heteroatoms. The molecule has 0 heterocycles. The van der Waals surface area contributed by atoms with Gasteiger partial charge in [0, 0.05) is 12.1 Å². The van der Waals surface area contributed by atoms with Gasteiger partial charge in [0.2, 0.25) is 0 Å². The van der Waals surface area contributed by atoms with Crippen LogP contribution in [0.15, 0.2) is 78.9 Å². The van der Waals surface area contributed by atoms with Gasteiger partial charge in [-0.3, -0.25) is 4.79 Å². The predicted octanol–water partition coefficient (Wildman–Crippen LogP) is 6.49. The Hall–Kier alpha value is -2.91. The lowest BCUT2D eigenvalue weighted by Crippen LogP contribution is -2.28. The Kier molecular flexibility index (Phi) is 8.64. The number of hydrogen-bond acceptors (Lipinski definition) is 3. The summed E-state index contributed by atoms with van der Waals surface area (Å²) in [6.45, 7) is 12.2. The first-order valence-corrected chi connectivity index (χ1v) is 11.6. The third kappa shape index (κ3) is 5.86. The van der Waals surface area contributed by atoms with Crippen LogP contribution in [-0.4, -0.2) is 36.9 Å². The van der Waals surface area contributed by atoms with Crippen LogP contribution in [0.4, 0.5) is 0 Å². The second-order valence-electron chi connectivity index (χ2n) is 8.31. The fourth-order valence-electron chi connectivity index (χ4n) is 4.24. The van der Waals surface area contributed by atoms with Crippen molar-refractivity contribution in [3.63, 3.8) is 0 Å². The molecule has 0 spiro atoms. The molecule has 2 atom stereocenters. The highest BCUT2D eigenvalue weighted by atomic mass is 16.5. The fraction of sp³-hybridized carbons (Fsp3) is 0.345. The summed E-state index contributed by atoms with van der Waals surface area (Å²) in [5.74, 6) is 0.862. The minimum absolute atomic E-state index is 0.0357. The second kappa shape index (κ2) is 11.6. The number of benzene rings is 3. The molecule has 0 aliphatic rings. The van der Waals surface area contributed by atoms with Gasteiger partial charge in [0.1, 0.15) is 12.4 Å². The number of Topliss-reactive ketones (excluding diaryl/α,β-unsaturated/α-hetero) is 1. The number of carbonyl (C=O) groups is 1. The highest BCUT2D eigenvalue weighted by Gasteiger charge is 2.29. The molecule has 0 saturated carbocycles. The first-order valence-electron chi connectivity index (χ1n) is 11.6. The first kappa shape index (κ1) is 23.7. The molecule has 3 aromatic rings. The topological polar surface area (TPSA) is 29.5 Å². The predicted molar refractivity (Wildman–Crippen MR) is 133 cm³/mol. The summed E-state index contributed by atoms with van der Waals surface area (Å²) >= 11 is 0.